The van der Waals surface area contributed by atoms with Gasteiger partial charge in [-0.1, -0.05) is 17.8 Å². The highest BCUT2D eigenvalue weighted by atomic mass is 32.1. The Balaban J connectivity index is 3.04. The van der Waals surface area contributed by atoms with Crippen molar-refractivity contribution in [1.82, 2.24) is 4.98 Å². The fourth-order valence-corrected chi connectivity index (χ4v) is 1.31. The van der Waals surface area contributed by atoms with Crippen LogP contribution in [0.1, 0.15) is 5.69 Å². The third-order valence-electron chi connectivity index (χ3n) is 1.07. The van der Waals surface area contributed by atoms with E-state index >= 15 is 0 Å². The van der Waals surface area contributed by atoms with Gasteiger partial charge in [-0.3, -0.25) is 4.79 Å². The van der Waals surface area contributed by atoms with Gasteiger partial charge >= 0.3 is 0 Å². The van der Waals surface area contributed by atoms with E-state index in [9.17, 15) is 4.79 Å². The average Bonchev–Trinajstić information content (AvgIpc) is 2.37. The van der Waals surface area contributed by atoms with Gasteiger partial charge in [-0.25, -0.2) is 4.98 Å². The van der Waals surface area contributed by atoms with E-state index in [0.717, 1.165) is 11.3 Å². The van der Waals surface area contributed by atoms with Crippen molar-refractivity contribution in [2.75, 3.05) is 5.73 Å². The molecule has 5 nitrogen and oxygen atoms in total. The number of carbonyl (C=O) groups is 1. The second kappa shape index (κ2) is 3.55. The molecule has 0 bridgehead atoms. The van der Waals surface area contributed by atoms with Crippen LogP contribution in [0.4, 0.5) is 5.13 Å². The summed E-state index contributed by atoms with van der Waals surface area (Å²) in [5, 5.41) is 12.3. The van der Waals surface area contributed by atoms with Gasteiger partial charge in [-0.05, 0) is 0 Å². The summed E-state index contributed by atoms with van der Waals surface area (Å²) < 4.78 is 0. The zero-order valence-electron chi connectivity index (χ0n) is 5.76. The van der Waals surface area contributed by atoms with E-state index in [1.807, 2.05) is 0 Å². The van der Waals surface area contributed by atoms with Crippen molar-refractivity contribution < 1.29 is 10.0 Å². The molecule has 7 heteroatoms. The Morgan fingerprint density at radius 3 is 2.83 bits per heavy atom. The Bertz CT molecular complexity index is 333. The van der Waals surface area contributed by atoms with Crippen molar-refractivity contribution in [2.45, 2.75) is 0 Å². The molecule has 0 atom stereocenters. The van der Waals surface area contributed by atoms with Crippen molar-refractivity contribution >= 4 is 39.9 Å². The monoisotopic (exact) mass is 203 g/mol. The molecule has 64 valence electrons. The van der Waals surface area contributed by atoms with Gasteiger partial charge in [0, 0.05) is 5.38 Å². The minimum absolute atomic E-state index is 0.203. The first-order valence-corrected chi connectivity index (χ1v) is 4.14. The van der Waals surface area contributed by atoms with Crippen LogP contribution in [-0.2, 0) is 4.79 Å². The van der Waals surface area contributed by atoms with Crippen LogP contribution in [0.25, 0.3) is 0 Å². The lowest BCUT2D eigenvalue weighted by atomic mass is 10.3. The lowest BCUT2D eigenvalue weighted by Crippen LogP contribution is -2.09. The molecule has 0 unspecified atom stereocenters. The first kappa shape index (κ1) is 9.01. The molecule has 0 aliphatic carbocycles. The van der Waals surface area contributed by atoms with E-state index in [0.29, 0.717) is 5.13 Å². The maximum Gasteiger partial charge on any atom is 0.240 e. The largest absolute Gasteiger partial charge is 0.410 e. The summed E-state index contributed by atoms with van der Waals surface area (Å²) in [6.07, 6.45) is 0. The first-order valence-electron chi connectivity index (χ1n) is 2.82. The van der Waals surface area contributed by atoms with E-state index in [1.54, 1.807) is 0 Å². The Morgan fingerprint density at radius 1 is 1.83 bits per heavy atom. The van der Waals surface area contributed by atoms with Crippen LogP contribution < -0.4 is 5.73 Å². The van der Waals surface area contributed by atoms with Gasteiger partial charge in [0.2, 0.25) is 5.12 Å². The molecule has 0 aliphatic heterocycles. The second-order valence-corrected chi connectivity index (χ2v) is 3.12. The van der Waals surface area contributed by atoms with Gasteiger partial charge in [-0.2, -0.15) is 0 Å². The van der Waals surface area contributed by atoms with Gasteiger partial charge in [0.1, 0.15) is 5.69 Å². The van der Waals surface area contributed by atoms with Crippen LogP contribution in [0, 0.1) is 0 Å². The summed E-state index contributed by atoms with van der Waals surface area (Å²) in [6.45, 7) is 0. The smallest absolute Gasteiger partial charge is 0.240 e. The quantitative estimate of drug-likeness (QED) is 0.280. The molecule has 0 fully saturated rings. The molecule has 0 saturated carbocycles. The van der Waals surface area contributed by atoms with Gasteiger partial charge < -0.3 is 10.9 Å². The molecular weight excluding hydrogens is 198 g/mol. The Kier molecular flexibility index (Phi) is 2.66. The second-order valence-electron chi connectivity index (χ2n) is 1.82. The number of oxime groups is 1. The number of aromatic nitrogens is 1. The van der Waals surface area contributed by atoms with Crippen molar-refractivity contribution in [1.29, 1.82) is 0 Å². The first-order chi connectivity index (χ1) is 5.65. The van der Waals surface area contributed by atoms with Crippen LogP contribution in [-0.4, -0.2) is 21.0 Å². The highest BCUT2D eigenvalue weighted by Crippen LogP contribution is 2.12. The van der Waals surface area contributed by atoms with E-state index < -0.39 is 5.12 Å². The van der Waals surface area contributed by atoms with E-state index in [2.05, 4.69) is 22.8 Å². The molecule has 1 aromatic rings. The van der Waals surface area contributed by atoms with Gasteiger partial charge in [0.15, 0.2) is 10.8 Å². The van der Waals surface area contributed by atoms with E-state index in [-0.39, 0.29) is 11.4 Å². The van der Waals surface area contributed by atoms with Crippen molar-refractivity contribution in [3.05, 3.63) is 11.1 Å². The lowest BCUT2D eigenvalue weighted by molar-refractivity contribution is -0.105. The molecule has 1 rings (SSSR count). The maximum atomic E-state index is 10.7. The van der Waals surface area contributed by atoms with E-state index in [1.165, 1.54) is 5.38 Å². The minimum Gasteiger partial charge on any atom is -0.410 e. The standard InChI is InChI=1S/C5H5N3O2S2/c6-5-7-2(1-12-5)3(8-10)4(9)11/h1,10H,(H2,6,7)(H,9,11)/b8-3-. The molecular formula is C5H5N3O2S2. The van der Waals surface area contributed by atoms with Crippen LogP contribution in [0.3, 0.4) is 0 Å². The maximum absolute atomic E-state index is 10.7. The molecule has 1 heterocycles. The number of hydrogen-bond donors (Lipinski definition) is 3. The summed E-state index contributed by atoms with van der Waals surface area (Å²) in [5.74, 6) is 0. The summed E-state index contributed by atoms with van der Waals surface area (Å²) in [6, 6.07) is 0. The summed E-state index contributed by atoms with van der Waals surface area (Å²) >= 11 is 4.64. The van der Waals surface area contributed by atoms with Crippen LogP contribution >= 0.6 is 24.0 Å². The molecule has 3 N–H and O–H groups in total. The van der Waals surface area contributed by atoms with Crippen molar-refractivity contribution in [2.24, 2.45) is 5.16 Å². The fourth-order valence-electron chi connectivity index (χ4n) is 0.600. The highest BCUT2D eigenvalue weighted by Gasteiger charge is 2.13. The number of hydrogen-bond acceptors (Lipinski definition) is 6. The summed E-state index contributed by atoms with van der Waals surface area (Å²) in [5.41, 5.74) is 5.34. The normalized spacial score (nSPS) is 11.6. The van der Waals surface area contributed by atoms with Gasteiger partial charge in [-0.15, -0.1) is 11.3 Å². The predicted octanol–water partition coefficient (Wildman–Crippen LogP) is 0.360. The zero-order valence-corrected chi connectivity index (χ0v) is 7.47. The Labute approximate surface area is 77.3 Å². The predicted molar refractivity (Wildman–Crippen MR) is 48.8 cm³/mol. The van der Waals surface area contributed by atoms with Crippen LogP contribution in [0.5, 0.6) is 0 Å². The molecule has 0 aromatic carbocycles. The Hall–Kier alpha value is -1.08. The number of rotatable bonds is 2. The summed E-state index contributed by atoms with van der Waals surface area (Å²) in [7, 11) is 0. The average molecular weight is 203 g/mol. The third-order valence-corrected chi connectivity index (χ3v) is 1.95. The minimum atomic E-state index is -0.650. The van der Waals surface area contributed by atoms with Crippen LogP contribution in [0.15, 0.2) is 10.5 Å². The molecule has 12 heavy (non-hydrogen) atoms. The Morgan fingerprint density at radius 2 is 2.50 bits per heavy atom. The van der Waals surface area contributed by atoms with Crippen molar-refractivity contribution in [3.8, 4) is 0 Å². The zero-order chi connectivity index (χ0) is 9.14. The van der Waals surface area contributed by atoms with Crippen molar-refractivity contribution in [3.63, 3.8) is 0 Å². The lowest BCUT2D eigenvalue weighted by Gasteiger charge is -1.91. The number of nitrogens with zero attached hydrogens (tertiary/aromatic N) is 2. The topological polar surface area (TPSA) is 88.6 Å². The molecule has 0 spiro atoms. The van der Waals surface area contributed by atoms with E-state index in [4.69, 9.17) is 10.9 Å². The third kappa shape index (κ3) is 1.74. The number of carbonyl (C=O) groups excluding carboxylic acids is 1. The molecule has 0 amide bonds. The van der Waals surface area contributed by atoms with Gasteiger partial charge in [0.25, 0.3) is 0 Å². The molecule has 1 aromatic heterocycles. The number of nitrogen functional groups attached to an aromatic ring is 1. The molecule has 0 saturated heterocycles. The highest BCUT2D eigenvalue weighted by molar-refractivity contribution is 7.99. The SMILES string of the molecule is Nc1nc(/C(=N/O)C(=O)S)cs1. The summed E-state index contributed by atoms with van der Waals surface area (Å²) in [4.78, 5) is 14.4. The fraction of sp³-hybridized carbons (Fsp3) is 0. The number of anilines is 1. The molecule has 0 aliphatic rings. The number of nitrogens with two attached hydrogens (primary N) is 1. The number of thiazole rings is 1. The molecule has 0 radical (unpaired) electrons. The van der Waals surface area contributed by atoms with Crippen LogP contribution in [0.2, 0.25) is 0 Å². The number of thiol groups is 1. The van der Waals surface area contributed by atoms with Gasteiger partial charge in [0.05, 0.1) is 0 Å².